The topological polar surface area (TPSA) is 86.2 Å². The lowest BCUT2D eigenvalue weighted by Gasteiger charge is -2.61. The van der Waals surface area contributed by atoms with Crippen LogP contribution in [0.4, 0.5) is 18.0 Å². The number of hydrogen-bond donors (Lipinski definition) is 1. The molecule has 3 aliphatic heterocycles. The summed E-state index contributed by atoms with van der Waals surface area (Å²) in [5.74, 6) is 2.99. The number of rotatable bonds is 4. The van der Waals surface area contributed by atoms with Gasteiger partial charge in [0.15, 0.2) is 5.82 Å². The van der Waals surface area contributed by atoms with Crippen LogP contribution in [-0.4, -0.2) is 85.0 Å². The van der Waals surface area contributed by atoms with Crippen molar-refractivity contribution < 1.29 is 18.0 Å². The summed E-state index contributed by atoms with van der Waals surface area (Å²) in [4.78, 5) is 23.8. The fraction of sp³-hybridized carbons (Fsp3) is 0.760. The molecule has 0 unspecified atom stereocenters. The van der Waals surface area contributed by atoms with Gasteiger partial charge in [0.2, 0.25) is 0 Å². The molecule has 7 rings (SSSR count). The molecule has 12 heteroatoms. The summed E-state index contributed by atoms with van der Waals surface area (Å²) in [6.45, 7) is 4.89. The van der Waals surface area contributed by atoms with Crippen LogP contribution in [-0.2, 0) is 19.8 Å². The predicted molar refractivity (Wildman–Crippen MR) is 126 cm³/mol. The highest BCUT2D eigenvalue weighted by molar-refractivity contribution is 5.76. The summed E-state index contributed by atoms with van der Waals surface area (Å²) in [6.07, 6.45) is 2.88. The van der Waals surface area contributed by atoms with E-state index in [-0.39, 0.29) is 29.1 Å². The smallest absolute Gasteiger partial charge is 0.323 e. The number of hydrogen-bond acceptors (Lipinski definition) is 5. The van der Waals surface area contributed by atoms with Crippen LogP contribution in [0.2, 0.25) is 0 Å². The molecule has 5 fully saturated rings. The van der Waals surface area contributed by atoms with E-state index in [1.165, 1.54) is 17.5 Å². The van der Waals surface area contributed by atoms with Crippen molar-refractivity contribution in [2.24, 2.45) is 17.9 Å². The van der Waals surface area contributed by atoms with E-state index in [2.05, 4.69) is 20.2 Å². The van der Waals surface area contributed by atoms with Crippen LogP contribution in [0.15, 0.2) is 6.20 Å². The first-order valence-electron chi connectivity index (χ1n) is 13.4. The van der Waals surface area contributed by atoms with E-state index in [1.807, 2.05) is 9.80 Å². The van der Waals surface area contributed by atoms with Crippen LogP contribution < -0.4 is 0 Å². The lowest BCUT2D eigenvalue weighted by Crippen LogP contribution is -2.70. The number of halogens is 3. The van der Waals surface area contributed by atoms with Crippen molar-refractivity contribution in [3.8, 4) is 0 Å². The summed E-state index contributed by atoms with van der Waals surface area (Å²) in [7, 11) is 1.56. The highest BCUT2D eigenvalue weighted by Gasteiger charge is 2.57. The fourth-order valence-electron chi connectivity index (χ4n) is 7.03. The van der Waals surface area contributed by atoms with Gasteiger partial charge in [-0.05, 0) is 51.6 Å². The fourth-order valence-corrected chi connectivity index (χ4v) is 7.03. The molecule has 2 aliphatic carbocycles. The molecule has 2 aromatic rings. The van der Waals surface area contributed by atoms with Gasteiger partial charge in [0.1, 0.15) is 5.82 Å². The number of amides is 2. The molecule has 5 heterocycles. The molecule has 0 radical (unpaired) electrons. The zero-order chi connectivity index (χ0) is 25.6. The van der Waals surface area contributed by atoms with Crippen LogP contribution in [0.1, 0.15) is 73.3 Å². The molecule has 37 heavy (non-hydrogen) atoms. The second-order valence-electron chi connectivity index (χ2n) is 12.4. The monoisotopic (exact) mass is 518 g/mol. The Morgan fingerprint density at radius 3 is 2.32 bits per heavy atom. The number of likely N-dealkylation sites (tertiary alicyclic amines) is 3. The minimum absolute atomic E-state index is 0.112. The Kier molecular flexibility index (Phi) is 5.04. The quantitative estimate of drug-likeness (QED) is 0.671. The largest absolute Gasteiger partial charge is 0.419 e. The van der Waals surface area contributed by atoms with Gasteiger partial charge in [-0.1, -0.05) is 0 Å². The Bertz CT molecular complexity index is 1190. The maximum absolute atomic E-state index is 13.3. The Morgan fingerprint density at radius 1 is 1.05 bits per heavy atom. The average molecular weight is 519 g/mol. The summed E-state index contributed by atoms with van der Waals surface area (Å²) >= 11 is 0. The molecule has 2 spiro atoms. The highest BCUT2D eigenvalue weighted by atomic mass is 19.4. The minimum atomic E-state index is -4.39. The molecule has 0 aromatic carbocycles. The third-order valence-electron chi connectivity index (χ3n) is 9.51. The van der Waals surface area contributed by atoms with Crippen molar-refractivity contribution in [2.75, 3.05) is 39.3 Å². The lowest BCUT2D eigenvalue weighted by atomic mass is 9.57. The molecule has 1 N–H and O–H groups in total. The van der Waals surface area contributed by atoms with Crippen molar-refractivity contribution in [1.82, 2.24) is 39.7 Å². The van der Waals surface area contributed by atoms with Crippen LogP contribution >= 0.6 is 0 Å². The van der Waals surface area contributed by atoms with E-state index < -0.39 is 11.7 Å². The van der Waals surface area contributed by atoms with Gasteiger partial charge in [0.05, 0.1) is 17.5 Å². The Hall–Kier alpha value is -2.63. The van der Waals surface area contributed by atoms with Crippen LogP contribution in [0.3, 0.4) is 0 Å². The standard InChI is InChI=1S/C25H33F3N8O/c1-33-19(18(10-29-33)25(26,27)28)11-34-6-4-23(5-7-34)12-35(13-23)22(37)36-14-24(15-36)8-17(9-24)21-30-20(31-32-21)16-2-3-16/h10,16-17H,2-9,11-15H2,1H3,(H,30,31,32). The predicted octanol–water partition coefficient (Wildman–Crippen LogP) is 3.33. The number of carbonyl (C=O) groups is 1. The summed E-state index contributed by atoms with van der Waals surface area (Å²) in [6, 6.07) is 0.140. The van der Waals surface area contributed by atoms with Crippen molar-refractivity contribution in [3.63, 3.8) is 0 Å². The number of piperidine rings is 1. The van der Waals surface area contributed by atoms with Gasteiger partial charge in [-0.25, -0.2) is 9.78 Å². The maximum Gasteiger partial charge on any atom is 0.419 e. The van der Waals surface area contributed by atoms with Gasteiger partial charge < -0.3 is 9.80 Å². The molecular weight excluding hydrogens is 485 g/mol. The second kappa shape index (κ2) is 7.94. The number of H-pyrrole nitrogens is 1. The number of nitrogens with one attached hydrogen (secondary N) is 1. The first kappa shape index (κ1) is 23.5. The van der Waals surface area contributed by atoms with E-state index >= 15 is 0 Å². The number of alkyl halides is 3. The number of urea groups is 1. The summed E-state index contributed by atoms with van der Waals surface area (Å²) in [5, 5.41) is 11.4. The lowest BCUT2D eigenvalue weighted by molar-refractivity contribution is -0.138. The molecule has 3 saturated heterocycles. The zero-order valence-electron chi connectivity index (χ0n) is 21.1. The van der Waals surface area contributed by atoms with Gasteiger partial charge in [-0.2, -0.15) is 23.4 Å². The molecule has 2 amide bonds. The van der Waals surface area contributed by atoms with Crippen LogP contribution in [0, 0.1) is 10.8 Å². The van der Waals surface area contributed by atoms with E-state index in [4.69, 9.17) is 4.98 Å². The van der Waals surface area contributed by atoms with Crippen molar-refractivity contribution >= 4 is 6.03 Å². The number of nitrogens with zero attached hydrogens (tertiary/aromatic N) is 7. The number of aryl methyl sites for hydroxylation is 1. The average Bonchev–Trinajstić information content (AvgIpc) is 3.40. The van der Waals surface area contributed by atoms with E-state index in [1.54, 1.807) is 7.05 Å². The van der Waals surface area contributed by atoms with Gasteiger partial charge >= 0.3 is 12.2 Å². The molecular formula is C25H33F3N8O. The second-order valence-corrected chi connectivity index (χ2v) is 12.4. The molecule has 0 atom stereocenters. The minimum Gasteiger partial charge on any atom is -0.323 e. The first-order valence-corrected chi connectivity index (χ1v) is 13.4. The molecule has 9 nitrogen and oxygen atoms in total. The van der Waals surface area contributed by atoms with Crippen molar-refractivity contribution in [1.29, 1.82) is 0 Å². The molecule has 0 bridgehead atoms. The van der Waals surface area contributed by atoms with E-state index in [9.17, 15) is 18.0 Å². The van der Waals surface area contributed by atoms with E-state index in [0.29, 0.717) is 11.8 Å². The number of carbonyl (C=O) groups excluding carboxylic acids is 1. The Balaban J connectivity index is 0.861. The third kappa shape index (κ3) is 4.02. The van der Waals surface area contributed by atoms with Gasteiger partial charge in [-0.15, -0.1) is 0 Å². The zero-order valence-corrected chi connectivity index (χ0v) is 21.1. The van der Waals surface area contributed by atoms with Crippen LogP contribution in [0.25, 0.3) is 0 Å². The van der Waals surface area contributed by atoms with Gasteiger partial charge in [0.25, 0.3) is 0 Å². The number of aromatic nitrogens is 5. The normalized spacial score (nSPS) is 25.3. The SMILES string of the molecule is Cn1ncc(C(F)(F)F)c1CN1CCC2(CC1)CN(C(=O)N1CC3(CC(c4n[nH]c(C5CC5)n4)C3)C1)C2. The maximum atomic E-state index is 13.3. The first-order chi connectivity index (χ1) is 17.6. The van der Waals surface area contributed by atoms with E-state index in [0.717, 1.165) is 82.8 Å². The molecule has 5 aliphatic rings. The van der Waals surface area contributed by atoms with Crippen molar-refractivity contribution in [3.05, 3.63) is 29.1 Å². The molecule has 2 aromatic heterocycles. The van der Waals surface area contributed by atoms with Gasteiger partial charge in [-0.3, -0.25) is 14.7 Å². The highest BCUT2D eigenvalue weighted by Crippen LogP contribution is 2.56. The summed E-state index contributed by atoms with van der Waals surface area (Å²) in [5.41, 5.74) is -0.0782. The number of aromatic amines is 1. The summed E-state index contributed by atoms with van der Waals surface area (Å²) < 4.78 is 41.2. The Morgan fingerprint density at radius 2 is 1.70 bits per heavy atom. The molecule has 200 valence electrons. The molecule has 2 saturated carbocycles. The Labute approximate surface area is 213 Å². The third-order valence-corrected chi connectivity index (χ3v) is 9.51. The van der Waals surface area contributed by atoms with Crippen LogP contribution in [0.5, 0.6) is 0 Å². The van der Waals surface area contributed by atoms with Crippen molar-refractivity contribution in [2.45, 2.75) is 63.1 Å². The van der Waals surface area contributed by atoms with Gasteiger partial charge in [0, 0.05) is 62.4 Å².